The molecule has 0 unspecified atom stereocenters. The van der Waals surface area contributed by atoms with E-state index in [2.05, 4.69) is 9.97 Å². The Kier molecular flexibility index (Phi) is 2.52. The van der Waals surface area contributed by atoms with Gasteiger partial charge in [0, 0.05) is 35.6 Å². The minimum Gasteiger partial charge on any atom is -0.264 e. The van der Waals surface area contributed by atoms with Crippen LogP contribution in [0.3, 0.4) is 0 Å². The van der Waals surface area contributed by atoms with Crippen LogP contribution in [0.5, 0.6) is 0 Å². The predicted molar refractivity (Wildman–Crippen MR) is 69.7 cm³/mol. The number of aromatic nitrogens is 2. The van der Waals surface area contributed by atoms with E-state index in [1.54, 1.807) is 18.5 Å². The molecule has 2 aromatic heterocycles. The van der Waals surface area contributed by atoms with Crippen molar-refractivity contribution in [2.75, 3.05) is 0 Å². The number of pyridine rings is 2. The van der Waals surface area contributed by atoms with Gasteiger partial charge in [-0.3, -0.25) is 9.97 Å². The van der Waals surface area contributed by atoms with Crippen LogP contribution in [0.15, 0.2) is 48.9 Å². The highest BCUT2D eigenvalue weighted by atomic mass is 19.1. The monoisotopic (exact) mass is 238 g/mol. The Labute approximate surface area is 104 Å². The van der Waals surface area contributed by atoms with Crippen LogP contribution in [0, 0.1) is 12.7 Å². The predicted octanol–water partition coefficient (Wildman–Crippen LogP) is 3.74. The normalized spacial score (nSPS) is 10.8. The van der Waals surface area contributed by atoms with Crippen LogP contribution in [0.1, 0.15) is 5.56 Å². The number of aryl methyl sites for hydroxylation is 1. The molecule has 0 amide bonds. The van der Waals surface area contributed by atoms with Crippen molar-refractivity contribution in [3.8, 4) is 11.1 Å². The van der Waals surface area contributed by atoms with Gasteiger partial charge in [-0.15, -0.1) is 0 Å². The van der Waals surface area contributed by atoms with Gasteiger partial charge in [0.05, 0.1) is 5.52 Å². The van der Waals surface area contributed by atoms with E-state index >= 15 is 0 Å². The molecule has 88 valence electrons. The Bertz CT molecular complexity index is 723. The second-order valence-electron chi connectivity index (χ2n) is 4.25. The summed E-state index contributed by atoms with van der Waals surface area (Å²) in [5.74, 6) is -0.261. The van der Waals surface area contributed by atoms with Gasteiger partial charge in [-0.25, -0.2) is 4.39 Å². The molecule has 0 bridgehead atoms. The van der Waals surface area contributed by atoms with Crippen molar-refractivity contribution in [2.24, 2.45) is 0 Å². The lowest BCUT2D eigenvalue weighted by molar-refractivity contribution is 0.629. The van der Waals surface area contributed by atoms with Crippen molar-refractivity contribution < 1.29 is 4.39 Å². The summed E-state index contributed by atoms with van der Waals surface area (Å²) in [6.45, 7) is 2.01. The molecule has 2 nitrogen and oxygen atoms in total. The van der Waals surface area contributed by atoms with Crippen LogP contribution in [0.2, 0.25) is 0 Å². The molecule has 0 N–H and O–H groups in total. The van der Waals surface area contributed by atoms with Crippen LogP contribution in [0.25, 0.3) is 22.0 Å². The number of hydrogen-bond donors (Lipinski definition) is 0. The van der Waals surface area contributed by atoms with E-state index in [1.165, 1.54) is 12.1 Å². The fourth-order valence-corrected chi connectivity index (χ4v) is 2.04. The van der Waals surface area contributed by atoms with Crippen molar-refractivity contribution in [1.29, 1.82) is 0 Å². The topological polar surface area (TPSA) is 25.8 Å². The molecule has 0 saturated heterocycles. The first-order chi connectivity index (χ1) is 8.74. The minimum absolute atomic E-state index is 0.261. The standard InChI is InChI=1S/C15H11FN2/c1-10-8-17-5-4-14(10)12-6-11-2-3-13(16)7-15(11)18-9-12/h2-9H,1H3. The highest BCUT2D eigenvalue weighted by molar-refractivity contribution is 5.83. The van der Waals surface area contributed by atoms with Gasteiger partial charge in [-0.05, 0) is 42.3 Å². The van der Waals surface area contributed by atoms with E-state index in [0.29, 0.717) is 5.52 Å². The Morgan fingerprint density at radius 1 is 1.06 bits per heavy atom. The number of hydrogen-bond acceptors (Lipinski definition) is 2. The summed E-state index contributed by atoms with van der Waals surface area (Å²) in [5.41, 5.74) is 3.89. The Morgan fingerprint density at radius 3 is 2.78 bits per heavy atom. The molecule has 1 aromatic carbocycles. The van der Waals surface area contributed by atoms with Gasteiger partial charge in [0.1, 0.15) is 5.82 Å². The average molecular weight is 238 g/mol. The summed E-state index contributed by atoms with van der Waals surface area (Å²) < 4.78 is 13.1. The number of benzene rings is 1. The maximum atomic E-state index is 13.1. The molecule has 0 fully saturated rings. The molecule has 3 rings (SSSR count). The lowest BCUT2D eigenvalue weighted by Gasteiger charge is -2.06. The average Bonchev–Trinajstić information content (AvgIpc) is 2.39. The molecule has 0 radical (unpaired) electrons. The largest absolute Gasteiger partial charge is 0.264 e. The molecule has 0 atom stereocenters. The van der Waals surface area contributed by atoms with Gasteiger partial charge in [0.15, 0.2) is 0 Å². The van der Waals surface area contributed by atoms with Crippen molar-refractivity contribution >= 4 is 10.9 Å². The van der Waals surface area contributed by atoms with E-state index in [-0.39, 0.29) is 5.82 Å². The van der Waals surface area contributed by atoms with Crippen LogP contribution < -0.4 is 0 Å². The molecule has 0 aliphatic heterocycles. The summed E-state index contributed by atoms with van der Waals surface area (Å²) in [6, 6.07) is 8.62. The lowest BCUT2D eigenvalue weighted by atomic mass is 10.0. The first-order valence-electron chi connectivity index (χ1n) is 5.70. The van der Waals surface area contributed by atoms with E-state index < -0.39 is 0 Å². The van der Waals surface area contributed by atoms with E-state index in [0.717, 1.165) is 22.1 Å². The molecule has 0 aliphatic carbocycles. The second-order valence-corrected chi connectivity index (χ2v) is 4.25. The van der Waals surface area contributed by atoms with Crippen molar-refractivity contribution in [1.82, 2.24) is 9.97 Å². The molecular weight excluding hydrogens is 227 g/mol. The van der Waals surface area contributed by atoms with Crippen molar-refractivity contribution in [2.45, 2.75) is 6.92 Å². The highest BCUT2D eigenvalue weighted by Crippen LogP contribution is 2.25. The zero-order valence-corrected chi connectivity index (χ0v) is 9.89. The number of rotatable bonds is 1. The Hall–Kier alpha value is -2.29. The Morgan fingerprint density at radius 2 is 1.94 bits per heavy atom. The van der Waals surface area contributed by atoms with Crippen molar-refractivity contribution in [3.63, 3.8) is 0 Å². The second kappa shape index (κ2) is 4.18. The molecular formula is C15H11FN2. The van der Waals surface area contributed by atoms with Gasteiger partial charge >= 0.3 is 0 Å². The SMILES string of the molecule is Cc1cnccc1-c1cnc2cc(F)ccc2c1. The quantitative estimate of drug-likeness (QED) is 0.645. The molecule has 0 saturated carbocycles. The molecule has 3 aromatic rings. The Balaban J connectivity index is 2.20. The summed E-state index contributed by atoms with van der Waals surface area (Å²) in [7, 11) is 0. The van der Waals surface area contributed by atoms with Gasteiger partial charge in [-0.1, -0.05) is 0 Å². The van der Waals surface area contributed by atoms with E-state index in [9.17, 15) is 4.39 Å². The fourth-order valence-electron chi connectivity index (χ4n) is 2.04. The van der Waals surface area contributed by atoms with Gasteiger partial charge in [0.2, 0.25) is 0 Å². The third-order valence-corrected chi connectivity index (χ3v) is 2.98. The number of nitrogens with zero attached hydrogens (tertiary/aromatic N) is 2. The van der Waals surface area contributed by atoms with E-state index in [4.69, 9.17) is 0 Å². The molecule has 0 aliphatic rings. The lowest BCUT2D eigenvalue weighted by Crippen LogP contribution is -1.87. The summed E-state index contributed by atoms with van der Waals surface area (Å²) in [4.78, 5) is 8.37. The maximum Gasteiger partial charge on any atom is 0.125 e. The zero-order chi connectivity index (χ0) is 12.5. The molecule has 3 heteroatoms. The first kappa shape index (κ1) is 10.8. The third kappa shape index (κ3) is 1.84. The zero-order valence-electron chi connectivity index (χ0n) is 9.89. The minimum atomic E-state index is -0.261. The van der Waals surface area contributed by atoms with Crippen LogP contribution >= 0.6 is 0 Å². The number of halogens is 1. The highest BCUT2D eigenvalue weighted by Gasteiger charge is 2.04. The van der Waals surface area contributed by atoms with Crippen LogP contribution in [-0.4, -0.2) is 9.97 Å². The fraction of sp³-hybridized carbons (Fsp3) is 0.0667. The maximum absolute atomic E-state index is 13.1. The van der Waals surface area contributed by atoms with Gasteiger partial charge in [-0.2, -0.15) is 0 Å². The van der Waals surface area contributed by atoms with Crippen molar-refractivity contribution in [3.05, 3.63) is 60.3 Å². The molecule has 0 spiro atoms. The smallest absolute Gasteiger partial charge is 0.125 e. The van der Waals surface area contributed by atoms with Crippen LogP contribution in [-0.2, 0) is 0 Å². The first-order valence-corrected chi connectivity index (χ1v) is 5.70. The summed E-state index contributed by atoms with van der Waals surface area (Å²) >= 11 is 0. The van der Waals surface area contributed by atoms with Gasteiger partial charge < -0.3 is 0 Å². The molecule has 2 heterocycles. The van der Waals surface area contributed by atoms with Gasteiger partial charge in [0.25, 0.3) is 0 Å². The van der Waals surface area contributed by atoms with E-state index in [1.807, 2.05) is 25.3 Å². The summed E-state index contributed by atoms with van der Waals surface area (Å²) in [5, 5.41) is 0.935. The number of fused-ring (bicyclic) bond motifs is 1. The third-order valence-electron chi connectivity index (χ3n) is 2.98. The van der Waals surface area contributed by atoms with Crippen LogP contribution in [0.4, 0.5) is 4.39 Å². The summed E-state index contributed by atoms with van der Waals surface area (Å²) in [6.07, 6.45) is 5.35. The molecule has 18 heavy (non-hydrogen) atoms.